The normalized spacial score (nSPS) is 25.3. The van der Waals surface area contributed by atoms with Crippen molar-refractivity contribution in [3.8, 4) is 0 Å². The van der Waals surface area contributed by atoms with Crippen LogP contribution in [-0.4, -0.2) is 43.0 Å². The molecule has 8 heteroatoms. The first-order chi connectivity index (χ1) is 15.6. The van der Waals surface area contributed by atoms with Gasteiger partial charge in [0.1, 0.15) is 17.7 Å². The largest absolute Gasteiger partial charge is 0.367 e. The van der Waals surface area contributed by atoms with Gasteiger partial charge in [-0.2, -0.15) is 0 Å². The zero-order chi connectivity index (χ0) is 23.8. The van der Waals surface area contributed by atoms with Crippen LogP contribution in [-0.2, 0) is 4.79 Å². The number of benzene rings is 2. The third kappa shape index (κ3) is 4.44. The van der Waals surface area contributed by atoms with Crippen LogP contribution in [0.3, 0.4) is 0 Å². The Morgan fingerprint density at radius 2 is 1.88 bits per heavy atom. The fourth-order valence-corrected chi connectivity index (χ4v) is 4.97. The molecular weight excluding hydrogens is 426 g/mol. The van der Waals surface area contributed by atoms with Crippen molar-refractivity contribution in [2.75, 3.05) is 29.9 Å². The molecule has 176 valence electrons. The van der Waals surface area contributed by atoms with E-state index in [4.69, 9.17) is 0 Å². The van der Waals surface area contributed by atoms with Gasteiger partial charge in [-0.25, -0.2) is 8.78 Å². The van der Waals surface area contributed by atoms with Gasteiger partial charge in [-0.3, -0.25) is 9.59 Å². The fourth-order valence-electron chi connectivity index (χ4n) is 4.97. The van der Waals surface area contributed by atoms with E-state index < -0.39 is 29.5 Å². The number of nitrogens with zero attached hydrogens (tertiary/aromatic N) is 1. The molecule has 2 amide bonds. The van der Waals surface area contributed by atoms with Gasteiger partial charge in [0.15, 0.2) is 0 Å². The van der Waals surface area contributed by atoms with Crippen LogP contribution in [0, 0.1) is 17.0 Å². The summed E-state index contributed by atoms with van der Waals surface area (Å²) in [6.45, 7) is 8.47. The number of fused-ring (bicyclic) bond motifs is 1. The molecule has 3 unspecified atom stereocenters. The van der Waals surface area contributed by atoms with Crippen LogP contribution in [0.15, 0.2) is 42.5 Å². The summed E-state index contributed by atoms with van der Waals surface area (Å²) >= 11 is 0. The number of piperidine rings is 1. The zero-order valence-electron chi connectivity index (χ0n) is 19.2. The van der Waals surface area contributed by atoms with Gasteiger partial charge in [0.2, 0.25) is 5.91 Å². The average molecular weight is 457 g/mol. The van der Waals surface area contributed by atoms with Crippen LogP contribution in [0.2, 0.25) is 0 Å². The van der Waals surface area contributed by atoms with Crippen LogP contribution < -0.4 is 20.9 Å². The van der Waals surface area contributed by atoms with E-state index >= 15 is 0 Å². The Hall–Kier alpha value is -3.00. The summed E-state index contributed by atoms with van der Waals surface area (Å²) in [5.41, 5.74) is 0.912. The summed E-state index contributed by atoms with van der Waals surface area (Å²) in [5, 5.41) is 8.91. The van der Waals surface area contributed by atoms with E-state index in [2.05, 4.69) is 34.7 Å². The van der Waals surface area contributed by atoms with Gasteiger partial charge in [0.25, 0.3) is 5.91 Å². The lowest BCUT2D eigenvalue weighted by molar-refractivity contribution is -0.117. The predicted octanol–water partition coefficient (Wildman–Crippen LogP) is 3.69. The molecule has 0 aliphatic carbocycles. The number of amides is 2. The van der Waals surface area contributed by atoms with E-state index in [1.54, 1.807) is 12.1 Å². The number of rotatable bonds is 5. The van der Waals surface area contributed by atoms with Crippen molar-refractivity contribution in [1.29, 1.82) is 0 Å². The number of carbonyl (C=O) groups excluding carboxylic acids is 2. The second kappa shape index (κ2) is 8.74. The number of anilines is 2. The molecule has 33 heavy (non-hydrogen) atoms. The Bertz CT molecular complexity index is 1060. The molecule has 4 rings (SSSR count). The zero-order valence-corrected chi connectivity index (χ0v) is 19.2. The standard InChI is InChI=1S/C25H30F2N4O2/c1-16(29-23(33)18-7-4-5-8-19(18)27)22(32)30-20-13-17(26)9-10-21(20)31-14-24(2)11-6-12-28-25(24,3)15-31/h4-5,7-10,13,16,28H,6,11-12,14-15H2,1-3H3,(H,29,33)(H,30,32). The lowest BCUT2D eigenvalue weighted by Gasteiger charge is -2.44. The van der Waals surface area contributed by atoms with Gasteiger partial charge in [-0.15, -0.1) is 0 Å². The molecule has 2 fully saturated rings. The molecule has 2 heterocycles. The molecule has 3 N–H and O–H groups in total. The quantitative estimate of drug-likeness (QED) is 0.642. The highest BCUT2D eigenvalue weighted by atomic mass is 19.1. The van der Waals surface area contributed by atoms with Crippen molar-refractivity contribution < 1.29 is 18.4 Å². The van der Waals surface area contributed by atoms with Gasteiger partial charge < -0.3 is 20.9 Å². The highest BCUT2D eigenvalue weighted by Crippen LogP contribution is 2.47. The van der Waals surface area contributed by atoms with Gasteiger partial charge in [0.05, 0.1) is 16.9 Å². The first-order valence-electron chi connectivity index (χ1n) is 11.3. The molecule has 2 saturated heterocycles. The highest BCUT2D eigenvalue weighted by Gasteiger charge is 2.53. The third-order valence-corrected chi connectivity index (χ3v) is 7.22. The van der Waals surface area contributed by atoms with Gasteiger partial charge in [0, 0.05) is 24.0 Å². The van der Waals surface area contributed by atoms with E-state index in [-0.39, 0.29) is 16.5 Å². The van der Waals surface area contributed by atoms with Crippen molar-refractivity contribution >= 4 is 23.2 Å². The minimum Gasteiger partial charge on any atom is -0.367 e. The topological polar surface area (TPSA) is 73.5 Å². The lowest BCUT2D eigenvalue weighted by atomic mass is 9.69. The Morgan fingerprint density at radius 3 is 2.61 bits per heavy atom. The van der Waals surface area contributed by atoms with Crippen LogP contribution >= 0.6 is 0 Å². The van der Waals surface area contributed by atoms with Crippen molar-refractivity contribution in [1.82, 2.24) is 10.6 Å². The minimum atomic E-state index is -0.953. The Kier molecular flexibility index (Phi) is 6.14. The smallest absolute Gasteiger partial charge is 0.254 e. The maximum absolute atomic E-state index is 14.1. The van der Waals surface area contributed by atoms with Crippen molar-refractivity contribution in [2.24, 2.45) is 5.41 Å². The number of hydrogen-bond acceptors (Lipinski definition) is 4. The third-order valence-electron chi connectivity index (χ3n) is 7.22. The molecule has 2 aliphatic heterocycles. The summed E-state index contributed by atoms with van der Waals surface area (Å²) in [6.07, 6.45) is 2.20. The van der Waals surface area contributed by atoms with Gasteiger partial charge in [-0.05, 0) is 63.6 Å². The maximum atomic E-state index is 14.1. The average Bonchev–Trinajstić information content (AvgIpc) is 3.04. The fraction of sp³-hybridized carbons (Fsp3) is 0.440. The predicted molar refractivity (Wildman–Crippen MR) is 124 cm³/mol. The molecule has 0 radical (unpaired) electrons. The van der Waals surface area contributed by atoms with Gasteiger partial charge >= 0.3 is 0 Å². The molecule has 0 spiro atoms. The Morgan fingerprint density at radius 1 is 1.12 bits per heavy atom. The van der Waals surface area contributed by atoms with E-state index in [0.717, 1.165) is 38.2 Å². The number of nitrogens with one attached hydrogen (secondary N) is 3. The summed E-state index contributed by atoms with van der Waals surface area (Å²) in [5.74, 6) is -2.34. The lowest BCUT2D eigenvalue weighted by Crippen LogP contribution is -2.58. The van der Waals surface area contributed by atoms with Crippen LogP contribution in [0.1, 0.15) is 44.0 Å². The number of hydrogen-bond donors (Lipinski definition) is 3. The molecule has 0 bridgehead atoms. The second-order valence-corrected chi connectivity index (χ2v) is 9.60. The summed E-state index contributed by atoms with van der Waals surface area (Å²) in [7, 11) is 0. The van der Waals surface area contributed by atoms with E-state index in [9.17, 15) is 18.4 Å². The maximum Gasteiger partial charge on any atom is 0.254 e. The molecule has 3 atom stereocenters. The van der Waals surface area contributed by atoms with Crippen molar-refractivity contribution in [3.05, 3.63) is 59.7 Å². The summed E-state index contributed by atoms with van der Waals surface area (Å²) in [4.78, 5) is 27.4. The second-order valence-electron chi connectivity index (χ2n) is 9.60. The summed E-state index contributed by atoms with van der Waals surface area (Å²) in [6, 6.07) is 8.96. The minimum absolute atomic E-state index is 0.0575. The van der Waals surface area contributed by atoms with Crippen molar-refractivity contribution in [2.45, 2.75) is 45.2 Å². The highest BCUT2D eigenvalue weighted by molar-refractivity contribution is 6.02. The molecule has 0 saturated carbocycles. The molecule has 2 aromatic rings. The monoisotopic (exact) mass is 456 g/mol. The van der Waals surface area contributed by atoms with Gasteiger partial charge in [-0.1, -0.05) is 19.1 Å². The van der Waals surface area contributed by atoms with Crippen molar-refractivity contribution in [3.63, 3.8) is 0 Å². The SMILES string of the molecule is CC(NC(=O)c1ccccc1F)C(=O)Nc1cc(F)ccc1N1CC2(C)CCCNC2(C)C1. The molecule has 6 nitrogen and oxygen atoms in total. The molecular formula is C25H30F2N4O2. The number of halogens is 2. The number of carbonyl (C=O) groups is 2. The summed E-state index contributed by atoms with van der Waals surface area (Å²) < 4.78 is 28.0. The Balaban J connectivity index is 1.51. The van der Waals surface area contributed by atoms with E-state index in [0.29, 0.717) is 5.69 Å². The van der Waals surface area contributed by atoms with E-state index in [1.165, 1.54) is 37.3 Å². The van der Waals surface area contributed by atoms with Crippen LogP contribution in [0.5, 0.6) is 0 Å². The first kappa shape index (κ1) is 23.2. The molecule has 2 aromatic carbocycles. The van der Waals surface area contributed by atoms with Crippen LogP contribution in [0.4, 0.5) is 20.2 Å². The molecule has 0 aromatic heterocycles. The van der Waals surface area contributed by atoms with Crippen LogP contribution in [0.25, 0.3) is 0 Å². The first-order valence-corrected chi connectivity index (χ1v) is 11.3. The van der Waals surface area contributed by atoms with E-state index in [1.807, 2.05) is 0 Å². The molecule has 2 aliphatic rings. The Labute approximate surface area is 192 Å².